The van der Waals surface area contributed by atoms with Gasteiger partial charge in [-0.15, -0.1) is 0 Å². The zero-order chi connectivity index (χ0) is 13.1. The zero-order valence-corrected chi connectivity index (χ0v) is 10.9. The van der Waals surface area contributed by atoms with Crippen LogP contribution in [0, 0.1) is 5.41 Å². The number of carboxylic acids is 1. The van der Waals surface area contributed by atoms with Crippen molar-refractivity contribution in [3.05, 3.63) is 35.4 Å². The van der Waals surface area contributed by atoms with E-state index in [2.05, 4.69) is 0 Å². The number of hydrogen-bond acceptors (Lipinski definition) is 2. The summed E-state index contributed by atoms with van der Waals surface area (Å²) in [4.78, 5) is 11.1. The molecular weight excluding hydrogens is 216 g/mol. The molecule has 0 bridgehead atoms. The molecule has 3 heteroatoms. The second kappa shape index (κ2) is 5.32. The lowest BCUT2D eigenvalue weighted by Gasteiger charge is -2.22. The third kappa shape index (κ3) is 3.30. The van der Waals surface area contributed by atoms with Crippen LogP contribution in [-0.2, 0) is 16.0 Å². The molecule has 1 N–H and O–H groups in total. The molecule has 0 heterocycles. The van der Waals surface area contributed by atoms with Crippen LogP contribution in [-0.4, -0.2) is 18.2 Å². The summed E-state index contributed by atoms with van der Waals surface area (Å²) in [6.07, 6.45) is 0.488. The van der Waals surface area contributed by atoms with E-state index in [0.717, 1.165) is 11.1 Å². The third-order valence-corrected chi connectivity index (χ3v) is 3.06. The fourth-order valence-electron chi connectivity index (χ4n) is 1.77. The molecule has 94 valence electrons. The number of ether oxygens (including phenoxy) is 1. The van der Waals surface area contributed by atoms with E-state index in [4.69, 9.17) is 9.84 Å². The van der Waals surface area contributed by atoms with Gasteiger partial charge in [0.15, 0.2) is 0 Å². The van der Waals surface area contributed by atoms with Crippen LogP contribution in [0.15, 0.2) is 24.3 Å². The van der Waals surface area contributed by atoms with Gasteiger partial charge in [0.2, 0.25) is 0 Å². The average Bonchev–Trinajstić information content (AvgIpc) is 2.28. The lowest BCUT2D eigenvalue weighted by atomic mass is 9.83. The molecule has 1 unspecified atom stereocenters. The van der Waals surface area contributed by atoms with Crippen LogP contribution >= 0.6 is 0 Å². The molecule has 1 aromatic rings. The zero-order valence-electron chi connectivity index (χ0n) is 10.9. The Morgan fingerprint density at radius 3 is 2.53 bits per heavy atom. The number of rotatable bonds is 5. The second-order valence-corrected chi connectivity index (χ2v) is 4.94. The van der Waals surface area contributed by atoms with Gasteiger partial charge in [0.05, 0.1) is 11.5 Å². The van der Waals surface area contributed by atoms with Crippen LogP contribution in [0.1, 0.15) is 38.0 Å². The number of methoxy groups -OCH3 is 1. The van der Waals surface area contributed by atoms with Crippen molar-refractivity contribution >= 4 is 5.97 Å². The van der Waals surface area contributed by atoms with Gasteiger partial charge in [-0.1, -0.05) is 24.3 Å². The quantitative estimate of drug-likeness (QED) is 0.854. The normalized spacial score (nSPS) is 13.4. The molecule has 0 aliphatic rings. The SMILES string of the molecule is COC(C)c1ccccc1CC(C)(C)C(=O)O. The van der Waals surface area contributed by atoms with Gasteiger partial charge >= 0.3 is 5.97 Å². The van der Waals surface area contributed by atoms with Crippen molar-refractivity contribution in [3.8, 4) is 0 Å². The van der Waals surface area contributed by atoms with Gasteiger partial charge in [-0.3, -0.25) is 4.79 Å². The van der Waals surface area contributed by atoms with E-state index >= 15 is 0 Å². The van der Waals surface area contributed by atoms with Gasteiger partial charge in [0, 0.05) is 7.11 Å². The summed E-state index contributed by atoms with van der Waals surface area (Å²) >= 11 is 0. The molecule has 0 aliphatic heterocycles. The number of benzene rings is 1. The van der Waals surface area contributed by atoms with Crippen LogP contribution in [0.5, 0.6) is 0 Å². The molecule has 17 heavy (non-hydrogen) atoms. The second-order valence-electron chi connectivity index (χ2n) is 4.94. The lowest BCUT2D eigenvalue weighted by molar-refractivity contribution is -0.146. The van der Waals surface area contributed by atoms with Crippen molar-refractivity contribution in [1.82, 2.24) is 0 Å². The molecule has 0 radical (unpaired) electrons. The Labute approximate surface area is 102 Å². The Morgan fingerprint density at radius 1 is 1.41 bits per heavy atom. The molecule has 0 aromatic heterocycles. The maximum atomic E-state index is 11.1. The van der Waals surface area contributed by atoms with Gasteiger partial charge < -0.3 is 9.84 Å². The highest BCUT2D eigenvalue weighted by atomic mass is 16.5. The summed E-state index contributed by atoms with van der Waals surface area (Å²) in [5.74, 6) is -0.780. The lowest BCUT2D eigenvalue weighted by Crippen LogP contribution is -2.26. The molecule has 1 atom stereocenters. The van der Waals surface area contributed by atoms with E-state index in [1.807, 2.05) is 31.2 Å². The van der Waals surface area contributed by atoms with E-state index in [0.29, 0.717) is 6.42 Å². The summed E-state index contributed by atoms with van der Waals surface area (Å²) in [6, 6.07) is 7.83. The molecule has 3 nitrogen and oxygen atoms in total. The number of hydrogen-bond donors (Lipinski definition) is 1. The van der Waals surface area contributed by atoms with Crippen LogP contribution in [0.4, 0.5) is 0 Å². The first kappa shape index (κ1) is 13.7. The van der Waals surface area contributed by atoms with Gasteiger partial charge in [-0.2, -0.15) is 0 Å². The van der Waals surface area contributed by atoms with Crippen molar-refractivity contribution < 1.29 is 14.6 Å². The third-order valence-electron chi connectivity index (χ3n) is 3.06. The maximum Gasteiger partial charge on any atom is 0.309 e. The molecule has 1 rings (SSSR count). The fraction of sp³-hybridized carbons (Fsp3) is 0.500. The minimum Gasteiger partial charge on any atom is -0.481 e. The summed E-state index contributed by atoms with van der Waals surface area (Å²) in [5, 5.41) is 9.16. The number of aliphatic carboxylic acids is 1. The van der Waals surface area contributed by atoms with Crippen LogP contribution < -0.4 is 0 Å². The average molecular weight is 236 g/mol. The molecular formula is C14H20O3. The highest BCUT2D eigenvalue weighted by molar-refractivity contribution is 5.74. The van der Waals surface area contributed by atoms with E-state index < -0.39 is 11.4 Å². The Bertz CT molecular complexity index is 396. The largest absolute Gasteiger partial charge is 0.481 e. The van der Waals surface area contributed by atoms with Gasteiger partial charge in [0.1, 0.15) is 0 Å². The smallest absolute Gasteiger partial charge is 0.309 e. The van der Waals surface area contributed by atoms with Crippen LogP contribution in [0.3, 0.4) is 0 Å². The summed E-state index contributed by atoms with van der Waals surface area (Å²) < 4.78 is 5.30. The van der Waals surface area contributed by atoms with E-state index in [9.17, 15) is 4.79 Å². The molecule has 0 aliphatic carbocycles. The fourth-order valence-corrected chi connectivity index (χ4v) is 1.77. The highest BCUT2D eigenvalue weighted by Crippen LogP contribution is 2.28. The number of carboxylic acid groups (broad SMARTS) is 1. The first-order valence-electron chi connectivity index (χ1n) is 5.72. The van der Waals surface area contributed by atoms with Crippen molar-refractivity contribution in [3.63, 3.8) is 0 Å². The maximum absolute atomic E-state index is 11.1. The van der Waals surface area contributed by atoms with Gasteiger partial charge in [0.25, 0.3) is 0 Å². The summed E-state index contributed by atoms with van der Waals surface area (Å²) in [6.45, 7) is 5.44. The predicted octanol–water partition coefficient (Wildman–Crippen LogP) is 3.05. The Morgan fingerprint density at radius 2 is 2.00 bits per heavy atom. The molecule has 0 amide bonds. The van der Waals surface area contributed by atoms with Crippen molar-refractivity contribution in [2.75, 3.05) is 7.11 Å². The van der Waals surface area contributed by atoms with Crippen molar-refractivity contribution in [2.45, 2.75) is 33.3 Å². The van der Waals surface area contributed by atoms with Crippen molar-refractivity contribution in [2.24, 2.45) is 5.41 Å². The molecule has 0 saturated carbocycles. The van der Waals surface area contributed by atoms with E-state index in [-0.39, 0.29) is 6.10 Å². The van der Waals surface area contributed by atoms with Gasteiger partial charge in [-0.25, -0.2) is 0 Å². The minimum atomic E-state index is -0.780. The topological polar surface area (TPSA) is 46.5 Å². The predicted molar refractivity (Wildman–Crippen MR) is 67.0 cm³/mol. The van der Waals surface area contributed by atoms with Crippen LogP contribution in [0.25, 0.3) is 0 Å². The van der Waals surface area contributed by atoms with Crippen molar-refractivity contribution in [1.29, 1.82) is 0 Å². The Balaban J connectivity index is 3.02. The summed E-state index contributed by atoms with van der Waals surface area (Å²) in [5.41, 5.74) is 1.34. The molecule has 0 spiro atoms. The molecule has 0 fully saturated rings. The van der Waals surface area contributed by atoms with E-state index in [1.165, 1.54) is 0 Å². The minimum absolute atomic E-state index is 0.0178. The standard InChI is InChI=1S/C14H20O3/c1-10(17-4)12-8-6-5-7-11(12)9-14(2,3)13(15)16/h5-8,10H,9H2,1-4H3,(H,15,16). The number of carbonyl (C=O) groups is 1. The first-order chi connectivity index (χ1) is 7.88. The van der Waals surface area contributed by atoms with Crippen LogP contribution in [0.2, 0.25) is 0 Å². The first-order valence-corrected chi connectivity index (χ1v) is 5.72. The van der Waals surface area contributed by atoms with Gasteiger partial charge in [-0.05, 0) is 38.3 Å². The molecule has 0 saturated heterocycles. The Hall–Kier alpha value is -1.35. The highest BCUT2D eigenvalue weighted by Gasteiger charge is 2.28. The van der Waals surface area contributed by atoms with E-state index in [1.54, 1.807) is 21.0 Å². The molecule has 1 aromatic carbocycles. The Kier molecular flexibility index (Phi) is 4.29. The monoisotopic (exact) mass is 236 g/mol. The summed E-state index contributed by atoms with van der Waals surface area (Å²) in [7, 11) is 1.66.